The number of halogens is 3. The molecule has 7 heteroatoms. The van der Waals surface area contributed by atoms with Crippen LogP contribution in [0.2, 0.25) is 0 Å². The fourth-order valence-corrected chi connectivity index (χ4v) is 4.40. The monoisotopic (exact) mass is 414 g/mol. The minimum atomic E-state index is -2.52. The van der Waals surface area contributed by atoms with Crippen LogP contribution in [0.25, 0.3) is 0 Å². The molecule has 0 bridgehead atoms. The van der Waals surface area contributed by atoms with E-state index in [1.807, 2.05) is 24.3 Å². The molecule has 1 amide bonds. The molecule has 28 heavy (non-hydrogen) atoms. The minimum absolute atomic E-state index is 0. The van der Waals surface area contributed by atoms with Gasteiger partial charge in [-0.1, -0.05) is 18.2 Å². The maximum absolute atomic E-state index is 13.5. The molecule has 1 aliphatic heterocycles. The zero-order valence-corrected chi connectivity index (χ0v) is 16.8. The Morgan fingerprint density at radius 3 is 2.25 bits per heavy atom. The summed E-state index contributed by atoms with van der Waals surface area (Å²) in [5.74, 6) is -2.56. The van der Waals surface area contributed by atoms with Crippen molar-refractivity contribution in [3.63, 3.8) is 0 Å². The summed E-state index contributed by atoms with van der Waals surface area (Å²) in [5, 5.41) is 6.77. The Labute approximate surface area is 171 Å². The highest BCUT2D eigenvalue weighted by Gasteiger charge is 2.48. The van der Waals surface area contributed by atoms with Crippen molar-refractivity contribution in [1.29, 1.82) is 0 Å². The van der Waals surface area contributed by atoms with E-state index in [1.165, 1.54) is 0 Å². The molecule has 3 fully saturated rings. The molecule has 2 aliphatic carbocycles. The number of hydrogen-bond donors (Lipinski definition) is 2. The van der Waals surface area contributed by atoms with Crippen LogP contribution < -0.4 is 10.6 Å². The van der Waals surface area contributed by atoms with Crippen LogP contribution in [-0.4, -0.2) is 37.1 Å². The number of benzene rings is 1. The number of ether oxygens (including phenoxy) is 1. The lowest BCUT2D eigenvalue weighted by molar-refractivity contribution is -0.0416. The molecule has 2 N–H and O–H groups in total. The standard InChI is InChI=1S/C21H28F2N2O2.ClH/c22-21(23)9-5-16(6-10-21)25-20(11-12-20)18-4-2-1-3-17(18)19(26)24-15-7-13-27-14-8-15;/h1-4,15-16,25H,5-14H2,(H,24,26);1H. The molecule has 4 rings (SSSR count). The highest BCUT2D eigenvalue weighted by molar-refractivity contribution is 5.96. The van der Waals surface area contributed by atoms with Gasteiger partial charge < -0.3 is 15.4 Å². The second-order valence-corrected chi connectivity index (χ2v) is 8.26. The lowest BCUT2D eigenvalue weighted by Crippen LogP contribution is -2.44. The molecule has 0 unspecified atom stereocenters. The Hall–Kier alpha value is -1.24. The van der Waals surface area contributed by atoms with Crippen molar-refractivity contribution < 1.29 is 18.3 Å². The molecule has 0 aromatic heterocycles. The van der Waals surface area contributed by atoms with E-state index in [1.54, 1.807) is 0 Å². The molecule has 3 aliphatic rings. The highest BCUT2D eigenvalue weighted by Crippen LogP contribution is 2.48. The number of rotatable bonds is 5. The number of nitrogens with one attached hydrogen (secondary N) is 2. The van der Waals surface area contributed by atoms with E-state index in [0.717, 1.165) is 31.2 Å². The van der Waals surface area contributed by atoms with Gasteiger partial charge in [-0.3, -0.25) is 4.79 Å². The quantitative estimate of drug-likeness (QED) is 0.760. The molecule has 1 heterocycles. The third-order valence-corrected chi connectivity index (χ3v) is 6.19. The van der Waals surface area contributed by atoms with Crippen LogP contribution in [0.5, 0.6) is 0 Å². The van der Waals surface area contributed by atoms with Gasteiger partial charge in [0.1, 0.15) is 0 Å². The molecule has 1 aromatic rings. The normalized spacial score (nSPS) is 24.2. The number of carbonyl (C=O) groups is 1. The average molecular weight is 415 g/mol. The first-order chi connectivity index (χ1) is 13.0. The van der Waals surface area contributed by atoms with Crippen LogP contribution in [0.4, 0.5) is 8.78 Å². The Bertz CT molecular complexity index is 681. The summed E-state index contributed by atoms with van der Waals surface area (Å²) in [6.45, 7) is 1.37. The van der Waals surface area contributed by atoms with Crippen LogP contribution in [-0.2, 0) is 10.3 Å². The Kier molecular flexibility index (Phi) is 6.62. The van der Waals surface area contributed by atoms with Gasteiger partial charge in [0.05, 0.1) is 0 Å². The van der Waals surface area contributed by atoms with Gasteiger partial charge in [-0.05, 0) is 50.2 Å². The maximum Gasteiger partial charge on any atom is 0.251 e. The van der Waals surface area contributed by atoms with E-state index in [4.69, 9.17) is 4.74 Å². The van der Waals surface area contributed by atoms with E-state index in [0.29, 0.717) is 31.6 Å². The van der Waals surface area contributed by atoms with Crippen molar-refractivity contribution in [2.45, 2.75) is 74.9 Å². The second-order valence-electron chi connectivity index (χ2n) is 8.26. The molecule has 0 atom stereocenters. The van der Waals surface area contributed by atoms with Gasteiger partial charge in [0.2, 0.25) is 5.92 Å². The average Bonchev–Trinajstić information content (AvgIpc) is 3.45. The third kappa shape index (κ3) is 4.84. The van der Waals surface area contributed by atoms with Gasteiger partial charge in [0.15, 0.2) is 0 Å². The Balaban J connectivity index is 0.00000225. The molecule has 1 aromatic carbocycles. The summed E-state index contributed by atoms with van der Waals surface area (Å²) in [4.78, 5) is 12.9. The first-order valence-electron chi connectivity index (χ1n) is 10.1. The van der Waals surface area contributed by atoms with Gasteiger partial charge >= 0.3 is 0 Å². The maximum atomic E-state index is 13.5. The lowest BCUT2D eigenvalue weighted by atomic mass is 9.89. The second kappa shape index (κ2) is 8.64. The summed E-state index contributed by atoms with van der Waals surface area (Å²) in [5.41, 5.74) is 1.47. The first-order valence-corrected chi connectivity index (χ1v) is 10.1. The van der Waals surface area contributed by atoms with Crippen LogP contribution in [0.15, 0.2) is 24.3 Å². The van der Waals surface area contributed by atoms with Crippen LogP contribution in [0, 0.1) is 0 Å². The summed E-state index contributed by atoms with van der Waals surface area (Å²) in [6, 6.07) is 7.98. The van der Waals surface area contributed by atoms with Gasteiger partial charge in [0, 0.05) is 49.2 Å². The van der Waals surface area contributed by atoms with E-state index < -0.39 is 5.92 Å². The van der Waals surface area contributed by atoms with Crippen LogP contribution >= 0.6 is 12.4 Å². The van der Waals surface area contributed by atoms with Gasteiger partial charge in [-0.25, -0.2) is 8.78 Å². The molecule has 2 saturated carbocycles. The third-order valence-electron chi connectivity index (χ3n) is 6.19. The molecular formula is C21H29ClF2N2O2. The molecule has 0 radical (unpaired) electrons. The Morgan fingerprint density at radius 2 is 1.61 bits per heavy atom. The Morgan fingerprint density at radius 1 is 0.964 bits per heavy atom. The van der Waals surface area contributed by atoms with Crippen molar-refractivity contribution >= 4 is 18.3 Å². The van der Waals surface area contributed by atoms with E-state index >= 15 is 0 Å². The lowest BCUT2D eigenvalue weighted by Gasteiger charge is -2.33. The molecule has 4 nitrogen and oxygen atoms in total. The fraction of sp³-hybridized carbons (Fsp3) is 0.667. The largest absolute Gasteiger partial charge is 0.381 e. The topological polar surface area (TPSA) is 50.4 Å². The van der Waals surface area contributed by atoms with E-state index in [-0.39, 0.29) is 48.8 Å². The van der Waals surface area contributed by atoms with E-state index in [9.17, 15) is 13.6 Å². The van der Waals surface area contributed by atoms with Gasteiger partial charge in [-0.2, -0.15) is 0 Å². The SMILES string of the molecule is Cl.O=C(NC1CCOCC1)c1ccccc1C1(NC2CCC(F)(F)CC2)CC1. The highest BCUT2D eigenvalue weighted by atomic mass is 35.5. The molecule has 0 spiro atoms. The number of carbonyl (C=O) groups excluding carboxylic acids is 1. The molecular weight excluding hydrogens is 386 g/mol. The number of hydrogen-bond acceptors (Lipinski definition) is 3. The summed E-state index contributed by atoms with van der Waals surface area (Å²) in [7, 11) is 0. The van der Waals surface area contributed by atoms with Gasteiger partial charge in [-0.15, -0.1) is 12.4 Å². The summed E-state index contributed by atoms with van der Waals surface area (Å²) in [6.07, 6.45) is 4.46. The number of alkyl halides is 2. The van der Waals surface area contributed by atoms with Gasteiger partial charge in [0.25, 0.3) is 5.91 Å². The van der Waals surface area contributed by atoms with Crippen LogP contribution in [0.1, 0.15) is 67.3 Å². The molecule has 156 valence electrons. The molecule has 1 saturated heterocycles. The minimum Gasteiger partial charge on any atom is -0.381 e. The van der Waals surface area contributed by atoms with Crippen molar-refractivity contribution in [3.8, 4) is 0 Å². The smallest absolute Gasteiger partial charge is 0.251 e. The number of amides is 1. The van der Waals surface area contributed by atoms with Crippen molar-refractivity contribution in [3.05, 3.63) is 35.4 Å². The zero-order valence-electron chi connectivity index (χ0n) is 16.0. The van der Waals surface area contributed by atoms with Crippen molar-refractivity contribution in [1.82, 2.24) is 10.6 Å². The predicted octanol–water partition coefficient (Wildman–Crippen LogP) is 4.17. The summed E-state index contributed by atoms with van der Waals surface area (Å²) >= 11 is 0. The van der Waals surface area contributed by atoms with Crippen molar-refractivity contribution in [2.75, 3.05) is 13.2 Å². The van der Waals surface area contributed by atoms with Crippen LogP contribution in [0.3, 0.4) is 0 Å². The van der Waals surface area contributed by atoms with Crippen molar-refractivity contribution in [2.24, 2.45) is 0 Å². The van der Waals surface area contributed by atoms with E-state index in [2.05, 4.69) is 10.6 Å². The predicted molar refractivity (Wildman–Crippen MR) is 106 cm³/mol. The first kappa shape index (κ1) is 21.5. The zero-order chi connectivity index (χ0) is 18.9. The fourth-order valence-electron chi connectivity index (χ4n) is 4.40. The summed E-state index contributed by atoms with van der Waals surface area (Å²) < 4.78 is 32.3.